The number of nitrogens with zero attached hydrogens (tertiary/aromatic N) is 2. The molecule has 0 spiro atoms. The highest BCUT2D eigenvalue weighted by molar-refractivity contribution is 7.98. The van der Waals surface area contributed by atoms with Gasteiger partial charge in [-0.3, -0.25) is 4.79 Å². The monoisotopic (exact) mass is 336 g/mol. The Balaban J connectivity index is 1.71. The van der Waals surface area contributed by atoms with Crippen molar-refractivity contribution in [2.45, 2.75) is 32.2 Å². The van der Waals surface area contributed by atoms with E-state index in [4.69, 9.17) is 4.42 Å². The van der Waals surface area contributed by atoms with Crippen LogP contribution in [0.5, 0.6) is 0 Å². The molecule has 0 aliphatic carbocycles. The molecule has 2 aromatic heterocycles. The molecule has 1 amide bonds. The molecule has 118 valence electrons. The maximum atomic E-state index is 12.6. The van der Waals surface area contributed by atoms with Gasteiger partial charge in [0.15, 0.2) is 5.76 Å². The minimum absolute atomic E-state index is 0.205. The summed E-state index contributed by atoms with van der Waals surface area (Å²) in [5, 5.41) is 0.878. The number of hydrogen-bond acceptors (Lipinski definition) is 5. The Bertz CT molecular complexity index is 637. The Morgan fingerprint density at radius 1 is 1.59 bits per heavy atom. The summed E-state index contributed by atoms with van der Waals surface area (Å²) in [4.78, 5) is 20.3. The standard InChI is InChI=1S/C16H20N2O2S2/c1-11-16(13-6-4-8-20-13)17-14(22-11)9-15(19)18-7-3-5-12(18)10-21-2/h4,6,8,12H,3,5,7,9-10H2,1-2H3. The minimum atomic E-state index is 0.205. The first kappa shape index (κ1) is 15.6. The zero-order valence-electron chi connectivity index (χ0n) is 12.9. The van der Waals surface area contributed by atoms with Gasteiger partial charge in [-0.15, -0.1) is 11.3 Å². The van der Waals surface area contributed by atoms with Gasteiger partial charge in [-0.2, -0.15) is 11.8 Å². The third kappa shape index (κ3) is 3.22. The minimum Gasteiger partial charge on any atom is -0.463 e. The first-order valence-corrected chi connectivity index (χ1v) is 9.68. The molecule has 0 aromatic carbocycles. The number of aromatic nitrogens is 1. The smallest absolute Gasteiger partial charge is 0.229 e. The van der Waals surface area contributed by atoms with Crippen LogP contribution in [0.15, 0.2) is 22.8 Å². The van der Waals surface area contributed by atoms with Crippen LogP contribution in [-0.4, -0.2) is 40.4 Å². The number of carbonyl (C=O) groups excluding carboxylic acids is 1. The second-order valence-corrected chi connectivity index (χ2v) is 7.70. The number of furan rings is 1. The lowest BCUT2D eigenvalue weighted by Gasteiger charge is -2.23. The van der Waals surface area contributed by atoms with Crippen LogP contribution in [0.25, 0.3) is 11.5 Å². The Hall–Kier alpha value is -1.27. The second kappa shape index (κ2) is 6.87. The summed E-state index contributed by atoms with van der Waals surface area (Å²) >= 11 is 3.40. The van der Waals surface area contributed by atoms with Gasteiger partial charge in [-0.25, -0.2) is 4.98 Å². The summed E-state index contributed by atoms with van der Waals surface area (Å²) in [6.45, 7) is 2.91. The number of aryl methyl sites for hydroxylation is 1. The molecule has 0 radical (unpaired) electrons. The van der Waals surface area contributed by atoms with Crippen LogP contribution < -0.4 is 0 Å². The third-order valence-electron chi connectivity index (χ3n) is 3.95. The van der Waals surface area contributed by atoms with E-state index in [0.29, 0.717) is 12.5 Å². The summed E-state index contributed by atoms with van der Waals surface area (Å²) in [5.41, 5.74) is 0.861. The molecule has 3 rings (SSSR count). The van der Waals surface area contributed by atoms with Crippen LogP contribution in [-0.2, 0) is 11.2 Å². The highest BCUT2D eigenvalue weighted by atomic mass is 32.2. The van der Waals surface area contributed by atoms with E-state index in [1.54, 1.807) is 17.6 Å². The number of rotatable bonds is 5. The Morgan fingerprint density at radius 2 is 2.45 bits per heavy atom. The van der Waals surface area contributed by atoms with E-state index in [0.717, 1.165) is 46.5 Å². The van der Waals surface area contributed by atoms with Crippen LogP contribution in [0, 0.1) is 6.92 Å². The van der Waals surface area contributed by atoms with E-state index in [-0.39, 0.29) is 5.91 Å². The SMILES string of the molecule is CSCC1CCCN1C(=O)Cc1nc(-c2ccco2)c(C)s1. The van der Waals surface area contributed by atoms with Gasteiger partial charge in [-0.05, 0) is 38.2 Å². The van der Waals surface area contributed by atoms with E-state index in [2.05, 4.69) is 11.2 Å². The first-order valence-electron chi connectivity index (χ1n) is 7.47. The molecule has 2 aromatic rings. The number of carbonyl (C=O) groups is 1. The highest BCUT2D eigenvalue weighted by Gasteiger charge is 2.28. The normalized spacial score (nSPS) is 18.1. The van der Waals surface area contributed by atoms with E-state index >= 15 is 0 Å². The molecule has 1 aliphatic rings. The van der Waals surface area contributed by atoms with Crippen molar-refractivity contribution in [2.24, 2.45) is 0 Å². The first-order chi connectivity index (χ1) is 10.7. The fourth-order valence-electron chi connectivity index (χ4n) is 2.93. The molecular weight excluding hydrogens is 316 g/mol. The molecule has 0 saturated carbocycles. The topological polar surface area (TPSA) is 46.3 Å². The summed E-state index contributed by atoms with van der Waals surface area (Å²) in [6, 6.07) is 4.16. The lowest BCUT2D eigenvalue weighted by Crippen LogP contribution is -2.37. The number of thioether (sulfide) groups is 1. The number of hydrogen-bond donors (Lipinski definition) is 0. The number of amides is 1. The quantitative estimate of drug-likeness (QED) is 0.837. The van der Waals surface area contributed by atoms with Gasteiger partial charge in [0.05, 0.1) is 12.7 Å². The van der Waals surface area contributed by atoms with E-state index in [9.17, 15) is 4.79 Å². The molecule has 1 atom stereocenters. The molecule has 4 nitrogen and oxygen atoms in total. The molecule has 3 heterocycles. The van der Waals surface area contributed by atoms with Crippen molar-refractivity contribution < 1.29 is 9.21 Å². The van der Waals surface area contributed by atoms with Gasteiger partial charge in [-0.1, -0.05) is 0 Å². The van der Waals surface area contributed by atoms with Crippen molar-refractivity contribution in [1.82, 2.24) is 9.88 Å². The molecule has 1 aliphatic heterocycles. The van der Waals surface area contributed by atoms with Gasteiger partial charge in [0.25, 0.3) is 0 Å². The van der Waals surface area contributed by atoms with E-state index < -0.39 is 0 Å². The Labute approximate surface area is 138 Å². The molecular formula is C16H20N2O2S2. The van der Waals surface area contributed by atoms with Gasteiger partial charge < -0.3 is 9.32 Å². The summed E-state index contributed by atoms with van der Waals surface area (Å²) in [7, 11) is 0. The van der Waals surface area contributed by atoms with Gasteiger partial charge in [0.2, 0.25) is 5.91 Å². The number of likely N-dealkylation sites (tertiary alicyclic amines) is 1. The van der Waals surface area contributed by atoms with Crippen LogP contribution in [0.1, 0.15) is 22.7 Å². The van der Waals surface area contributed by atoms with E-state index in [1.165, 1.54) is 0 Å². The van der Waals surface area contributed by atoms with Crippen molar-refractivity contribution in [2.75, 3.05) is 18.6 Å². The molecule has 1 unspecified atom stereocenters. The fraction of sp³-hybridized carbons (Fsp3) is 0.500. The summed E-state index contributed by atoms with van der Waals surface area (Å²) in [5.74, 6) is 2.01. The van der Waals surface area contributed by atoms with Crippen LogP contribution in [0.2, 0.25) is 0 Å². The van der Waals surface area contributed by atoms with Gasteiger partial charge in [0, 0.05) is 23.2 Å². The van der Waals surface area contributed by atoms with Crippen molar-refractivity contribution in [3.8, 4) is 11.5 Å². The Morgan fingerprint density at radius 3 is 3.18 bits per heavy atom. The maximum absolute atomic E-state index is 12.6. The van der Waals surface area contributed by atoms with Crippen molar-refractivity contribution >= 4 is 29.0 Å². The number of thiazole rings is 1. The highest BCUT2D eigenvalue weighted by Crippen LogP contribution is 2.29. The average Bonchev–Trinajstić information content (AvgIpc) is 3.19. The van der Waals surface area contributed by atoms with Crippen molar-refractivity contribution in [3.63, 3.8) is 0 Å². The second-order valence-electron chi connectivity index (χ2n) is 5.51. The Kier molecular flexibility index (Phi) is 4.88. The molecule has 1 fully saturated rings. The van der Waals surface area contributed by atoms with Crippen molar-refractivity contribution in [3.05, 3.63) is 28.3 Å². The molecule has 22 heavy (non-hydrogen) atoms. The van der Waals surface area contributed by atoms with Crippen molar-refractivity contribution in [1.29, 1.82) is 0 Å². The summed E-state index contributed by atoms with van der Waals surface area (Å²) in [6.07, 6.45) is 6.39. The lowest BCUT2D eigenvalue weighted by atomic mass is 10.2. The van der Waals surface area contributed by atoms with Gasteiger partial charge in [0.1, 0.15) is 10.7 Å². The average molecular weight is 336 g/mol. The lowest BCUT2D eigenvalue weighted by molar-refractivity contribution is -0.130. The zero-order chi connectivity index (χ0) is 15.5. The molecule has 0 bridgehead atoms. The fourth-order valence-corrected chi connectivity index (χ4v) is 4.59. The van der Waals surface area contributed by atoms with Crippen LogP contribution >= 0.6 is 23.1 Å². The molecule has 6 heteroatoms. The van der Waals surface area contributed by atoms with Crippen LogP contribution in [0.3, 0.4) is 0 Å². The van der Waals surface area contributed by atoms with Gasteiger partial charge >= 0.3 is 0 Å². The van der Waals surface area contributed by atoms with E-state index in [1.807, 2.05) is 35.7 Å². The predicted octanol–water partition coefficient (Wildman–Crippen LogP) is 3.61. The zero-order valence-corrected chi connectivity index (χ0v) is 14.5. The largest absolute Gasteiger partial charge is 0.463 e. The van der Waals surface area contributed by atoms with Crippen LogP contribution in [0.4, 0.5) is 0 Å². The third-order valence-corrected chi connectivity index (χ3v) is 5.64. The molecule has 1 saturated heterocycles. The predicted molar refractivity (Wildman–Crippen MR) is 91.4 cm³/mol. The maximum Gasteiger partial charge on any atom is 0.229 e. The summed E-state index contributed by atoms with van der Waals surface area (Å²) < 4.78 is 5.41. The molecule has 0 N–H and O–H groups in total.